The average Bonchev–Trinajstić information content (AvgIpc) is 2.04. The molecule has 0 bridgehead atoms. The summed E-state index contributed by atoms with van der Waals surface area (Å²) in [4.78, 5) is 1.38. The Balaban J connectivity index is 2.53. The second kappa shape index (κ2) is 3.30. The van der Waals surface area contributed by atoms with Gasteiger partial charge in [-0.05, 0) is 52.2 Å². The minimum atomic E-state index is 0.864. The number of fused-ring (bicyclic) bond motifs is 1. The fraction of sp³-hybridized carbons (Fsp3) is 0.333. The maximum atomic E-state index is 5.74. The van der Waals surface area contributed by atoms with Gasteiger partial charge in [0.05, 0.1) is 0 Å². The van der Waals surface area contributed by atoms with Crippen LogP contribution in [0.2, 0.25) is 0 Å². The van der Waals surface area contributed by atoms with E-state index in [9.17, 15) is 0 Å². The lowest BCUT2D eigenvalue weighted by Crippen LogP contribution is -2.00. The molecule has 1 aliphatic rings. The molecular formula is C9H10BrNS. The van der Waals surface area contributed by atoms with Crippen LogP contribution in [-0.4, -0.2) is 5.75 Å². The van der Waals surface area contributed by atoms with Gasteiger partial charge in [-0.2, -0.15) is 0 Å². The molecule has 3 heteroatoms. The summed E-state index contributed by atoms with van der Waals surface area (Å²) in [5.41, 5.74) is 8.01. The third-order valence-electron chi connectivity index (χ3n) is 1.98. The van der Waals surface area contributed by atoms with E-state index in [2.05, 4.69) is 22.0 Å². The van der Waals surface area contributed by atoms with Crippen molar-refractivity contribution >= 4 is 33.4 Å². The van der Waals surface area contributed by atoms with Gasteiger partial charge in [0.25, 0.3) is 0 Å². The lowest BCUT2D eigenvalue weighted by molar-refractivity contribution is 0.887. The first-order valence-electron chi connectivity index (χ1n) is 3.98. The first-order chi connectivity index (χ1) is 5.77. The van der Waals surface area contributed by atoms with Crippen LogP contribution in [0.5, 0.6) is 0 Å². The minimum Gasteiger partial charge on any atom is -0.399 e. The number of aryl methyl sites for hydroxylation is 1. The highest BCUT2D eigenvalue weighted by molar-refractivity contribution is 9.10. The van der Waals surface area contributed by atoms with E-state index in [4.69, 9.17) is 5.73 Å². The molecule has 2 N–H and O–H groups in total. The highest BCUT2D eigenvalue weighted by atomic mass is 79.9. The van der Waals surface area contributed by atoms with Crippen molar-refractivity contribution in [3.05, 3.63) is 22.2 Å². The van der Waals surface area contributed by atoms with Gasteiger partial charge in [0.1, 0.15) is 0 Å². The fourth-order valence-corrected chi connectivity index (χ4v) is 3.36. The predicted molar refractivity (Wildman–Crippen MR) is 57.6 cm³/mol. The molecule has 2 rings (SSSR count). The van der Waals surface area contributed by atoms with Crippen LogP contribution in [0.3, 0.4) is 0 Å². The monoisotopic (exact) mass is 243 g/mol. The molecule has 1 nitrogen and oxygen atoms in total. The molecule has 1 aromatic carbocycles. The van der Waals surface area contributed by atoms with E-state index in [0.717, 1.165) is 10.2 Å². The Bertz CT molecular complexity index is 312. The van der Waals surface area contributed by atoms with Crippen molar-refractivity contribution in [2.75, 3.05) is 11.5 Å². The van der Waals surface area contributed by atoms with Gasteiger partial charge in [-0.3, -0.25) is 0 Å². The van der Waals surface area contributed by atoms with Gasteiger partial charge in [0.15, 0.2) is 0 Å². The second-order valence-corrected chi connectivity index (χ2v) is 4.90. The summed E-state index contributed by atoms with van der Waals surface area (Å²) in [6.45, 7) is 0. The Morgan fingerprint density at radius 2 is 2.25 bits per heavy atom. The van der Waals surface area contributed by atoms with E-state index in [0.29, 0.717) is 0 Å². The van der Waals surface area contributed by atoms with E-state index >= 15 is 0 Å². The molecule has 0 unspecified atom stereocenters. The van der Waals surface area contributed by atoms with Crippen molar-refractivity contribution in [2.45, 2.75) is 17.7 Å². The van der Waals surface area contributed by atoms with E-state index in [1.54, 1.807) is 0 Å². The predicted octanol–water partition coefficient (Wildman–Crippen LogP) is 3.07. The van der Waals surface area contributed by atoms with Gasteiger partial charge in [0, 0.05) is 15.1 Å². The number of thioether (sulfide) groups is 1. The van der Waals surface area contributed by atoms with Crippen molar-refractivity contribution < 1.29 is 0 Å². The number of anilines is 1. The Kier molecular flexibility index (Phi) is 2.33. The molecule has 64 valence electrons. The largest absolute Gasteiger partial charge is 0.399 e. The lowest BCUT2D eigenvalue weighted by Gasteiger charge is -2.16. The van der Waals surface area contributed by atoms with Crippen molar-refractivity contribution in [3.63, 3.8) is 0 Å². The normalized spacial score (nSPS) is 15.8. The zero-order chi connectivity index (χ0) is 8.55. The minimum absolute atomic E-state index is 0.864. The summed E-state index contributed by atoms with van der Waals surface area (Å²) in [6.07, 6.45) is 2.44. The quantitative estimate of drug-likeness (QED) is 0.710. The third-order valence-corrected chi connectivity index (χ3v) is 4.13. The summed E-state index contributed by atoms with van der Waals surface area (Å²) in [7, 11) is 0. The molecule has 0 radical (unpaired) electrons. The molecule has 1 heterocycles. The smallest absolute Gasteiger partial charge is 0.0334 e. The number of benzene rings is 1. The van der Waals surface area contributed by atoms with Crippen LogP contribution >= 0.6 is 27.7 Å². The number of rotatable bonds is 0. The van der Waals surface area contributed by atoms with E-state index in [-0.39, 0.29) is 0 Å². The maximum absolute atomic E-state index is 5.74. The molecule has 0 atom stereocenters. The molecule has 1 aliphatic heterocycles. The Labute approximate surface area is 84.9 Å². The number of halogens is 1. The Hall–Kier alpha value is -0.150. The SMILES string of the molecule is Nc1cc(Br)c2c(c1)CCCS2. The van der Waals surface area contributed by atoms with Crippen LogP contribution in [0.4, 0.5) is 5.69 Å². The third kappa shape index (κ3) is 1.48. The summed E-state index contributed by atoms with van der Waals surface area (Å²) in [5, 5.41) is 0. The van der Waals surface area contributed by atoms with E-state index in [1.807, 2.05) is 17.8 Å². The van der Waals surface area contributed by atoms with Crippen molar-refractivity contribution in [3.8, 4) is 0 Å². The fourth-order valence-electron chi connectivity index (χ4n) is 1.46. The number of hydrogen-bond donors (Lipinski definition) is 1. The van der Waals surface area contributed by atoms with Crippen molar-refractivity contribution in [1.82, 2.24) is 0 Å². The van der Waals surface area contributed by atoms with Gasteiger partial charge in [-0.25, -0.2) is 0 Å². The molecular weight excluding hydrogens is 234 g/mol. The van der Waals surface area contributed by atoms with Crippen LogP contribution < -0.4 is 5.73 Å². The van der Waals surface area contributed by atoms with Crippen LogP contribution in [-0.2, 0) is 6.42 Å². The van der Waals surface area contributed by atoms with Crippen LogP contribution in [0, 0.1) is 0 Å². The topological polar surface area (TPSA) is 26.0 Å². The molecule has 0 aliphatic carbocycles. The zero-order valence-corrected chi connectivity index (χ0v) is 9.04. The zero-order valence-electron chi connectivity index (χ0n) is 6.64. The summed E-state index contributed by atoms with van der Waals surface area (Å²) >= 11 is 5.45. The van der Waals surface area contributed by atoms with Gasteiger partial charge in [0.2, 0.25) is 0 Å². The van der Waals surface area contributed by atoms with Gasteiger partial charge >= 0.3 is 0 Å². The first kappa shape index (κ1) is 8.45. The van der Waals surface area contributed by atoms with Crippen LogP contribution in [0.1, 0.15) is 12.0 Å². The summed E-state index contributed by atoms with van der Waals surface area (Å²) in [6, 6.07) is 4.07. The average molecular weight is 244 g/mol. The van der Waals surface area contributed by atoms with Gasteiger partial charge < -0.3 is 5.73 Å². The van der Waals surface area contributed by atoms with E-state index in [1.165, 1.54) is 29.1 Å². The van der Waals surface area contributed by atoms with Gasteiger partial charge in [-0.15, -0.1) is 11.8 Å². The number of nitrogens with two attached hydrogens (primary N) is 1. The second-order valence-electron chi connectivity index (χ2n) is 2.94. The Morgan fingerprint density at radius 3 is 3.08 bits per heavy atom. The lowest BCUT2D eigenvalue weighted by atomic mass is 10.1. The Morgan fingerprint density at radius 1 is 1.42 bits per heavy atom. The summed E-state index contributed by atoms with van der Waals surface area (Å²) < 4.78 is 1.15. The molecule has 0 spiro atoms. The molecule has 1 aromatic rings. The van der Waals surface area contributed by atoms with Crippen LogP contribution in [0.25, 0.3) is 0 Å². The molecule has 0 amide bonds. The van der Waals surface area contributed by atoms with Crippen molar-refractivity contribution in [1.29, 1.82) is 0 Å². The summed E-state index contributed by atoms with van der Waals surface area (Å²) in [5.74, 6) is 1.23. The van der Waals surface area contributed by atoms with Gasteiger partial charge in [-0.1, -0.05) is 0 Å². The maximum Gasteiger partial charge on any atom is 0.0334 e. The molecule has 0 saturated carbocycles. The number of nitrogen functional groups attached to an aromatic ring is 1. The molecule has 0 saturated heterocycles. The van der Waals surface area contributed by atoms with Crippen LogP contribution in [0.15, 0.2) is 21.5 Å². The van der Waals surface area contributed by atoms with Crippen molar-refractivity contribution in [2.24, 2.45) is 0 Å². The standard InChI is InChI=1S/C9H10BrNS/c10-8-5-7(11)4-6-2-1-3-12-9(6)8/h4-5H,1-3,11H2. The number of hydrogen-bond acceptors (Lipinski definition) is 2. The highest BCUT2D eigenvalue weighted by Gasteiger charge is 2.12. The molecule has 12 heavy (non-hydrogen) atoms. The van der Waals surface area contributed by atoms with E-state index < -0.39 is 0 Å². The molecule has 0 fully saturated rings. The highest BCUT2D eigenvalue weighted by Crippen LogP contribution is 2.37. The first-order valence-corrected chi connectivity index (χ1v) is 5.76. The molecule has 0 aromatic heterocycles.